The molecule has 0 bridgehead atoms. The number of nitrogens with zero attached hydrogens (tertiary/aromatic N) is 1. The molecule has 0 aromatic heterocycles. The van der Waals surface area contributed by atoms with Crippen LogP contribution in [0, 0.1) is 18.3 Å². The molecule has 2 heteroatoms. The van der Waals surface area contributed by atoms with Crippen LogP contribution in [0.5, 0.6) is 0 Å². The second kappa shape index (κ2) is 6.54. The maximum Gasteiger partial charge on any atom is 0.223 e. The smallest absolute Gasteiger partial charge is 0.223 e. The van der Waals surface area contributed by atoms with E-state index in [1.54, 1.807) is 4.90 Å². The van der Waals surface area contributed by atoms with E-state index >= 15 is 0 Å². The summed E-state index contributed by atoms with van der Waals surface area (Å²) in [6.45, 7) is 7.34. The summed E-state index contributed by atoms with van der Waals surface area (Å²) >= 11 is 0. The molecule has 13 heavy (non-hydrogen) atoms. The van der Waals surface area contributed by atoms with Crippen LogP contribution < -0.4 is 0 Å². The van der Waals surface area contributed by atoms with Crippen molar-refractivity contribution in [1.29, 1.82) is 0 Å². The highest BCUT2D eigenvalue weighted by atomic mass is 16.2. The van der Waals surface area contributed by atoms with Crippen LogP contribution in [-0.4, -0.2) is 23.9 Å². The largest absolute Gasteiger partial charge is 0.332 e. The molecule has 0 aliphatic heterocycles. The van der Waals surface area contributed by atoms with Gasteiger partial charge in [0.25, 0.3) is 0 Å². The summed E-state index contributed by atoms with van der Waals surface area (Å²) in [5.41, 5.74) is 0. The fourth-order valence-corrected chi connectivity index (χ4v) is 1.15. The molecule has 0 unspecified atom stereocenters. The van der Waals surface area contributed by atoms with Gasteiger partial charge in [0.1, 0.15) is 0 Å². The summed E-state index contributed by atoms with van der Waals surface area (Å²) in [5, 5.41) is 0. The van der Waals surface area contributed by atoms with Crippen molar-refractivity contribution in [1.82, 2.24) is 4.90 Å². The van der Waals surface area contributed by atoms with Crippen LogP contribution in [-0.2, 0) is 4.79 Å². The molecule has 0 spiro atoms. The number of hydrogen-bond acceptors (Lipinski definition) is 1. The second-order valence-electron chi connectivity index (χ2n) is 3.62. The molecule has 0 aromatic rings. The van der Waals surface area contributed by atoms with Gasteiger partial charge in [-0.2, -0.15) is 0 Å². The summed E-state index contributed by atoms with van der Waals surface area (Å²) in [6, 6.07) is 0. The van der Waals surface area contributed by atoms with Crippen molar-refractivity contribution < 1.29 is 4.79 Å². The van der Waals surface area contributed by atoms with Crippen LogP contribution in [0.3, 0.4) is 0 Å². The van der Waals surface area contributed by atoms with Crippen molar-refractivity contribution in [3.8, 4) is 12.3 Å². The molecule has 0 atom stereocenters. The molecule has 74 valence electrons. The minimum Gasteiger partial charge on any atom is -0.332 e. The molecular formula is C11H19NO. The Morgan fingerprint density at radius 2 is 2.15 bits per heavy atom. The average molecular weight is 181 g/mol. The zero-order chi connectivity index (χ0) is 10.3. The highest BCUT2D eigenvalue weighted by Crippen LogP contribution is 2.04. The zero-order valence-corrected chi connectivity index (χ0v) is 8.84. The number of rotatable bonds is 5. The molecule has 0 aliphatic rings. The molecule has 2 nitrogen and oxygen atoms in total. The molecule has 0 saturated carbocycles. The van der Waals surface area contributed by atoms with Gasteiger partial charge in [-0.3, -0.25) is 4.79 Å². The van der Waals surface area contributed by atoms with Crippen molar-refractivity contribution in [3.63, 3.8) is 0 Å². The van der Waals surface area contributed by atoms with Crippen LogP contribution in [0.4, 0.5) is 0 Å². The molecule has 0 saturated heterocycles. The Hall–Kier alpha value is -0.970. The van der Waals surface area contributed by atoms with Gasteiger partial charge in [-0.1, -0.05) is 26.7 Å². The molecule has 0 aliphatic carbocycles. The van der Waals surface area contributed by atoms with Crippen molar-refractivity contribution in [2.75, 3.05) is 13.1 Å². The first-order chi connectivity index (χ1) is 6.11. The van der Waals surface area contributed by atoms with Gasteiger partial charge in [0.05, 0.1) is 6.54 Å². The first-order valence-corrected chi connectivity index (χ1v) is 4.83. The van der Waals surface area contributed by atoms with Crippen molar-refractivity contribution >= 4 is 5.91 Å². The highest BCUT2D eigenvalue weighted by molar-refractivity contribution is 5.76. The molecule has 0 N–H and O–H groups in total. The average Bonchev–Trinajstić information content (AvgIpc) is 2.02. The molecule has 0 fully saturated rings. The third kappa shape index (κ3) is 5.30. The van der Waals surface area contributed by atoms with Gasteiger partial charge in [-0.05, 0) is 12.3 Å². The Labute approximate surface area is 81.3 Å². The maximum atomic E-state index is 11.6. The fraction of sp³-hybridized carbons (Fsp3) is 0.727. The first kappa shape index (κ1) is 12.0. The SMILES string of the molecule is C#CCN(CCC)C(=O)CC(C)C. The Balaban J connectivity index is 4.04. The van der Waals surface area contributed by atoms with E-state index in [0.717, 1.165) is 13.0 Å². The van der Waals surface area contributed by atoms with Crippen LogP contribution in [0.1, 0.15) is 33.6 Å². The predicted molar refractivity (Wildman–Crippen MR) is 55.2 cm³/mol. The normalized spacial score (nSPS) is 9.77. The van der Waals surface area contributed by atoms with E-state index in [0.29, 0.717) is 18.9 Å². The van der Waals surface area contributed by atoms with Gasteiger partial charge in [-0.15, -0.1) is 6.42 Å². The Morgan fingerprint density at radius 1 is 1.54 bits per heavy atom. The van der Waals surface area contributed by atoms with Crippen molar-refractivity contribution in [3.05, 3.63) is 0 Å². The predicted octanol–water partition coefficient (Wildman–Crippen LogP) is 1.90. The van der Waals surface area contributed by atoms with Crippen molar-refractivity contribution in [2.24, 2.45) is 5.92 Å². The lowest BCUT2D eigenvalue weighted by Crippen LogP contribution is -2.32. The third-order valence-corrected chi connectivity index (χ3v) is 1.71. The maximum absolute atomic E-state index is 11.6. The topological polar surface area (TPSA) is 20.3 Å². The summed E-state index contributed by atoms with van der Waals surface area (Å²) in [5.74, 6) is 3.09. The number of carbonyl (C=O) groups is 1. The van der Waals surface area contributed by atoms with E-state index in [4.69, 9.17) is 6.42 Å². The van der Waals surface area contributed by atoms with Gasteiger partial charge in [0.15, 0.2) is 0 Å². The standard InChI is InChI=1S/C11H19NO/c1-5-7-12(8-6-2)11(13)9-10(3)4/h1,10H,6-9H2,2-4H3. The van der Waals surface area contributed by atoms with Crippen LogP contribution >= 0.6 is 0 Å². The minimum atomic E-state index is 0.176. The van der Waals surface area contributed by atoms with E-state index in [2.05, 4.69) is 5.92 Å². The zero-order valence-electron chi connectivity index (χ0n) is 8.84. The Bertz CT molecular complexity index is 191. The highest BCUT2D eigenvalue weighted by Gasteiger charge is 2.12. The van der Waals surface area contributed by atoms with E-state index in [9.17, 15) is 4.79 Å². The van der Waals surface area contributed by atoms with Crippen LogP contribution in [0.15, 0.2) is 0 Å². The number of hydrogen-bond donors (Lipinski definition) is 0. The molecular weight excluding hydrogens is 162 g/mol. The lowest BCUT2D eigenvalue weighted by Gasteiger charge is -2.20. The van der Waals surface area contributed by atoms with Gasteiger partial charge >= 0.3 is 0 Å². The van der Waals surface area contributed by atoms with E-state index in [-0.39, 0.29) is 5.91 Å². The Kier molecular flexibility index (Phi) is 6.05. The minimum absolute atomic E-state index is 0.176. The third-order valence-electron chi connectivity index (χ3n) is 1.71. The summed E-state index contributed by atoms with van der Waals surface area (Å²) < 4.78 is 0. The molecule has 0 radical (unpaired) electrons. The van der Waals surface area contributed by atoms with Gasteiger partial charge in [0, 0.05) is 13.0 Å². The quantitative estimate of drug-likeness (QED) is 0.593. The van der Waals surface area contributed by atoms with Crippen LogP contribution in [0.25, 0.3) is 0 Å². The molecule has 0 rings (SSSR count). The molecule has 1 amide bonds. The lowest BCUT2D eigenvalue weighted by atomic mass is 10.1. The van der Waals surface area contributed by atoms with Gasteiger partial charge < -0.3 is 4.90 Å². The Morgan fingerprint density at radius 3 is 2.54 bits per heavy atom. The van der Waals surface area contributed by atoms with Gasteiger partial charge in [0.2, 0.25) is 5.91 Å². The van der Waals surface area contributed by atoms with Crippen LogP contribution in [0.2, 0.25) is 0 Å². The summed E-state index contributed by atoms with van der Waals surface area (Å²) in [4.78, 5) is 13.3. The monoisotopic (exact) mass is 181 g/mol. The summed E-state index contributed by atoms with van der Waals surface area (Å²) in [7, 11) is 0. The van der Waals surface area contributed by atoms with E-state index in [1.165, 1.54) is 0 Å². The number of amides is 1. The first-order valence-electron chi connectivity index (χ1n) is 4.83. The molecule has 0 heterocycles. The molecule has 0 aromatic carbocycles. The fourth-order valence-electron chi connectivity index (χ4n) is 1.15. The number of carbonyl (C=O) groups excluding carboxylic acids is 1. The summed E-state index contributed by atoms with van der Waals surface area (Å²) in [6.07, 6.45) is 6.75. The van der Waals surface area contributed by atoms with E-state index < -0.39 is 0 Å². The van der Waals surface area contributed by atoms with E-state index in [1.807, 2.05) is 20.8 Å². The lowest BCUT2D eigenvalue weighted by molar-refractivity contribution is -0.131. The van der Waals surface area contributed by atoms with Gasteiger partial charge in [-0.25, -0.2) is 0 Å². The van der Waals surface area contributed by atoms with Crippen molar-refractivity contribution in [2.45, 2.75) is 33.6 Å². The number of terminal acetylenes is 1. The second-order valence-corrected chi connectivity index (χ2v) is 3.62.